The fourth-order valence-corrected chi connectivity index (χ4v) is 3.60. The van der Waals surface area contributed by atoms with Crippen LogP contribution in [0.2, 0.25) is 0 Å². The van der Waals surface area contributed by atoms with E-state index in [2.05, 4.69) is 34.5 Å². The van der Waals surface area contributed by atoms with Crippen LogP contribution in [0.15, 0.2) is 48.5 Å². The Morgan fingerprint density at radius 2 is 2.00 bits per heavy atom. The summed E-state index contributed by atoms with van der Waals surface area (Å²) in [6.45, 7) is 4.64. The minimum atomic E-state index is -0.497. The van der Waals surface area contributed by atoms with Gasteiger partial charge in [0.2, 0.25) is 0 Å². The Morgan fingerprint density at radius 3 is 2.82 bits per heavy atom. The first-order valence-corrected chi connectivity index (χ1v) is 10.1. The molecule has 1 atom stereocenters. The SMILES string of the molecule is CC[C@@H](Oc1cccc(OC)c1)C(=O)NCCCN1CCCc2ccccc21. The molecule has 28 heavy (non-hydrogen) atoms. The number of hydrogen-bond acceptors (Lipinski definition) is 4. The summed E-state index contributed by atoms with van der Waals surface area (Å²) in [5.74, 6) is 1.30. The number of amides is 1. The third-order valence-corrected chi connectivity index (χ3v) is 5.09. The van der Waals surface area contributed by atoms with Gasteiger partial charge >= 0.3 is 0 Å². The monoisotopic (exact) mass is 382 g/mol. The molecule has 0 aliphatic carbocycles. The Kier molecular flexibility index (Phi) is 7.18. The Morgan fingerprint density at radius 1 is 1.18 bits per heavy atom. The maximum Gasteiger partial charge on any atom is 0.261 e. The summed E-state index contributed by atoms with van der Waals surface area (Å²) in [4.78, 5) is 14.9. The quantitative estimate of drug-likeness (QED) is 0.670. The summed E-state index contributed by atoms with van der Waals surface area (Å²) in [7, 11) is 1.61. The highest BCUT2D eigenvalue weighted by atomic mass is 16.5. The summed E-state index contributed by atoms with van der Waals surface area (Å²) in [5.41, 5.74) is 2.77. The molecule has 0 bridgehead atoms. The van der Waals surface area contributed by atoms with Crippen LogP contribution in [-0.4, -0.2) is 38.8 Å². The third-order valence-electron chi connectivity index (χ3n) is 5.09. The second kappa shape index (κ2) is 10.0. The molecule has 1 amide bonds. The van der Waals surface area contributed by atoms with Gasteiger partial charge in [-0.05, 0) is 49.4 Å². The first-order chi connectivity index (χ1) is 13.7. The molecular formula is C23H30N2O3. The third kappa shape index (κ3) is 5.18. The molecule has 1 heterocycles. The number of rotatable bonds is 9. The fourth-order valence-electron chi connectivity index (χ4n) is 3.60. The van der Waals surface area contributed by atoms with Crippen LogP contribution in [0.5, 0.6) is 11.5 Å². The van der Waals surface area contributed by atoms with Crippen molar-refractivity contribution >= 4 is 11.6 Å². The van der Waals surface area contributed by atoms with Gasteiger partial charge in [-0.25, -0.2) is 0 Å². The number of para-hydroxylation sites is 1. The average Bonchev–Trinajstić information content (AvgIpc) is 2.75. The van der Waals surface area contributed by atoms with E-state index in [1.165, 1.54) is 17.7 Å². The number of ether oxygens (including phenoxy) is 2. The van der Waals surface area contributed by atoms with Crippen LogP contribution < -0.4 is 19.7 Å². The summed E-state index contributed by atoms with van der Waals surface area (Å²) in [6.07, 6.45) is 3.37. The van der Waals surface area contributed by atoms with Gasteiger partial charge in [0.25, 0.3) is 5.91 Å². The summed E-state index contributed by atoms with van der Waals surface area (Å²) in [6, 6.07) is 16.0. The fraction of sp³-hybridized carbons (Fsp3) is 0.435. The van der Waals surface area contributed by atoms with Crippen molar-refractivity contribution in [3.05, 3.63) is 54.1 Å². The van der Waals surface area contributed by atoms with E-state index in [1.807, 2.05) is 25.1 Å². The van der Waals surface area contributed by atoms with Gasteiger partial charge in [-0.15, -0.1) is 0 Å². The van der Waals surface area contributed by atoms with Crippen LogP contribution in [-0.2, 0) is 11.2 Å². The van der Waals surface area contributed by atoms with E-state index < -0.39 is 6.10 Å². The van der Waals surface area contributed by atoms with E-state index in [1.54, 1.807) is 13.2 Å². The Balaban J connectivity index is 1.45. The molecule has 0 saturated heterocycles. The first-order valence-electron chi connectivity index (χ1n) is 10.1. The lowest BCUT2D eigenvalue weighted by Gasteiger charge is -2.31. The number of anilines is 1. The Hall–Kier alpha value is -2.69. The van der Waals surface area contributed by atoms with Gasteiger partial charge in [-0.3, -0.25) is 4.79 Å². The molecule has 150 valence electrons. The molecule has 3 rings (SSSR count). The average molecular weight is 383 g/mol. The van der Waals surface area contributed by atoms with E-state index in [9.17, 15) is 4.79 Å². The number of benzene rings is 2. The minimum Gasteiger partial charge on any atom is -0.497 e. The van der Waals surface area contributed by atoms with Crippen molar-refractivity contribution in [3.63, 3.8) is 0 Å². The van der Waals surface area contributed by atoms with Gasteiger partial charge in [0, 0.05) is 31.4 Å². The lowest BCUT2D eigenvalue weighted by Crippen LogP contribution is -2.39. The van der Waals surface area contributed by atoms with Crippen molar-refractivity contribution in [3.8, 4) is 11.5 Å². The number of hydrogen-bond donors (Lipinski definition) is 1. The zero-order chi connectivity index (χ0) is 19.8. The van der Waals surface area contributed by atoms with Crippen LogP contribution in [0.3, 0.4) is 0 Å². The topological polar surface area (TPSA) is 50.8 Å². The number of fused-ring (bicyclic) bond motifs is 1. The summed E-state index contributed by atoms with van der Waals surface area (Å²) < 4.78 is 11.1. The highest BCUT2D eigenvalue weighted by Gasteiger charge is 2.19. The van der Waals surface area contributed by atoms with E-state index in [4.69, 9.17) is 9.47 Å². The van der Waals surface area contributed by atoms with Crippen LogP contribution in [0.1, 0.15) is 31.7 Å². The van der Waals surface area contributed by atoms with Crippen molar-refractivity contribution < 1.29 is 14.3 Å². The predicted octanol–water partition coefficient (Wildman–Crippen LogP) is 3.81. The predicted molar refractivity (Wildman–Crippen MR) is 112 cm³/mol. The zero-order valence-electron chi connectivity index (χ0n) is 16.8. The first kappa shape index (κ1) is 20.1. The molecule has 1 aliphatic rings. The van der Waals surface area contributed by atoms with Gasteiger partial charge in [0.05, 0.1) is 7.11 Å². The highest BCUT2D eigenvalue weighted by molar-refractivity contribution is 5.81. The second-order valence-corrected chi connectivity index (χ2v) is 7.06. The van der Waals surface area contributed by atoms with Crippen molar-refractivity contribution in [1.82, 2.24) is 5.32 Å². The van der Waals surface area contributed by atoms with E-state index in [0.29, 0.717) is 18.7 Å². The van der Waals surface area contributed by atoms with Crippen molar-refractivity contribution in [2.45, 2.75) is 38.7 Å². The molecule has 0 aromatic heterocycles. The van der Waals surface area contributed by atoms with Gasteiger partial charge in [0.1, 0.15) is 11.5 Å². The van der Waals surface area contributed by atoms with Gasteiger partial charge in [-0.1, -0.05) is 31.2 Å². The number of carbonyl (C=O) groups excluding carboxylic acids is 1. The molecule has 0 radical (unpaired) electrons. The van der Waals surface area contributed by atoms with Crippen molar-refractivity contribution in [2.24, 2.45) is 0 Å². The number of aryl methyl sites for hydroxylation is 1. The van der Waals surface area contributed by atoms with E-state index in [0.717, 1.165) is 31.7 Å². The Labute approximate surface area is 167 Å². The van der Waals surface area contributed by atoms with Crippen LogP contribution in [0.4, 0.5) is 5.69 Å². The van der Waals surface area contributed by atoms with Crippen molar-refractivity contribution in [1.29, 1.82) is 0 Å². The molecule has 2 aromatic carbocycles. The highest BCUT2D eigenvalue weighted by Crippen LogP contribution is 2.26. The lowest BCUT2D eigenvalue weighted by atomic mass is 10.0. The number of nitrogens with one attached hydrogen (secondary N) is 1. The smallest absolute Gasteiger partial charge is 0.261 e. The lowest BCUT2D eigenvalue weighted by molar-refractivity contribution is -0.128. The van der Waals surface area contributed by atoms with Gasteiger partial charge in [0.15, 0.2) is 6.10 Å². The molecule has 0 unspecified atom stereocenters. The maximum atomic E-state index is 12.5. The normalized spacial score (nSPS) is 14.1. The molecule has 5 heteroatoms. The van der Waals surface area contributed by atoms with Gasteiger partial charge in [-0.2, -0.15) is 0 Å². The van der Waals surface area contributed by atoms with E-state index >= 15 is 0 Å². The molecule has 1 aliphatic heterocycles. The van der Waals surface area contributed by atoms with Gasteiger partial charge < -0.3 is 19.7 Å². The number of methoxy groups -OCH3 is 1. The molecule has 0 fully saturated rings. The molecule has 0 spiro atoms. The molecule has 0 saturated carbocycles. The standard InChI is InChI=1S/C23H30N2O3/c1-3-22(28-20-12-6-11-19(17-20)27-2)23(26)24-14-8-16-25-15-7-10-18-9-4-5-13-21(18)25/h4-6,9,11-13,17,22H,3,7-8,10,14-16H2,1-2H3,(H,24,26)/t22-/m1/s1. The Bertz CT molecular complexity index is 778. The van der Waals surface area contributed by atoms with Crippen molar-refractivity contribution in [2.75, 3.05) is 31.6 Å². The summed E-state index contributed by atoms with van der Waals surface area (Å²) >= 11 is 0. The minimum absolute atomic E-state index is 0.0654. The second-order valence-electron chi connectivity index (χ2n) is 7.06. The molecule has 5 nitrogen and oxygen atoms in total. The molecule has 2 aromatic rings. The zero-order valence-corrected chi connectivity index (χ0v) is 16.8. The maximum absolute atomic E-state index is 12.5. The van der Waals surface area contributed by atoms with E-state index in [-0.39, 0.29) is 5.91 Å². The van der Waals surface area contributed by atoms with Crippen LogP contribution in [0.25, 0.3) is 0 Å². The summed E-state index contributed by atoms with van der Waals surface area (Å²) in [5, 5.41) is 3.02. The molecule has 1 N–H and O–H groups in total. The molecular weight excluding hydrogens is 352 g/mol. The van der Waals surface area contributed by atoms with Crippen LogP contribution >= 0.6 is 0 Å². The number of nitrogens with zero attached hydrogens (tertiary/aromatic N) is 1. The largest absolute Gasteiger partial charge is 0.497 e. The number of carbonyl (C=O) groups is 1. The van der Waals surface area contributed by atoms with Crippen LogP contribution in [0, 0.1) is 0 Å².